The monoisotopic (exact) mass is 347 g/mol. The van der Waals surface area contributed by atoms with Crippen LogP contribution in [0.3, 0.4) is 0 Å². The zero-order valence-corrected chi connectivity index (χ0v) is 13.6. The van der Waals surface area contributed by atoms with E-state index < -0.39 is 17.7 Å². The summed E-state index contributed by atoms with van der Waals surface area (Å²) in [5.41, 5.74) is 0.848. The number of rotatable bonds is 5. The Morgan fingerprint density at radius 2 is 2.08 bits per heavy atom. The van der Waals surface area contributed by atoms with E-state index in [9.17, 15) is 13.6 Å². The molecule has 2 aromatic rings. The normalized spacial score (nSPS) is 16.6. The lowest BCUT2D eigenvalue weighted by atomic mass is 10.2. The maximum absolute atomic E-state index is 13.8. The molecule has 2 heterocycles. The zero-order chi connectivity index (χ0) is 17.6. The Hall–Kier alpha value is -2.54. The molecule has 1 aliphatic rings. The quantitative estimate of drug-likeness (QED) is 0.900. The van der Waals surface area contributed by atoms with Gasteiger partial charge in [-0.2, -0.15) is 0 Å². The molecule has 0 spiro atoms. The largest absolute Gasteiger partial charge is 0.376 e. The van der Waals surface area contributed by atoms with Crippen molar-refractivity contribution in [3.05, 3.63) is 59.9 Å². The van der Waals surface area contributed by atoms with E-state index in [2.05, 4.69) is 10.3 Å². The van der Waals surface area contributed by atoms with E-state index in [4.69, 9.17) is 4.74 Å². The van der Waals surface area contributed by atoms with Crippen molar-refractivity contribution in [3.63, 3.8) is 0 Å². The van der Waals surface area contributed by atoms with Crippen LogP contribution in [0.4, 0.5) is 19.3 Å². The van der Waals surface area contributed by atoms with Crippen molar-refractivity contribution in [1.29, 1.82) is 0 Å². The predicted octanol–water partition coefficient (Wildman–Crippen LogP) is 3.57. The van der Waals surface area contributed by atoms with E-state index in [0.29, 0.717) is 19.7 Å². The van der Waals surface area contributed by atoms with Crippen LogP contribution in [0.25, 0.3) is 0 Å². The summed E-state index contributed by atoms with van der Waals surface area (Å²) in [6.45, 7) is 1.43. The second-order valence-electron chi connectivity index (χ2n) is 5.93. The number of carbonyl (C=O) groups excluding carboxylic acids is 1. The van der Waals surface area contributed by atoms with Gasteiger partial charge >= 0.3 is 6.03 Å². The van der Waals surface area contributed by atoms with Crippen LogP contribution in [0, 0.1) is 11.6 Å². The van der Waals surface area contributed by atoms with E-state index in [1.165, 1.54) is 6.07 Å². The van der Waals surface area contributed by atoms with Crippen molar-refractivity contribution in [2.24, 2.45) is 0 Å². The van der Waals surface area contributed by atoms with Gasteiger partial charge in [-0.25, -0.2) is 13.6 Å². The fraction of sp³-hybridized carbons (Fsp3) is 0.333. The van der Waals surface area contributed by atoms with Crippen molar-refractivity contribution in [3.8, 4) is 0 Å². The number of hydrogen-bond donors (Lipinski definition) is 1. The highest BCUT2D eigenvalue weighted by Gasteiger charge is 2.23. The molecular weight excluding hydrogens is 328 g/mol. The number of pyridine rings is 1. The summed E-state index contributed by atoms with van der Waals surface area (Å²) in [4.78, 5) is 18.1. The topological polar surface area (TPSA) is 54.5 Å². The molecule has 1 aromatic heterocycles. The van der Waals surface area contributed by atoms with Gasteiger partial charge in [-0.05, 0) is 42.7 Å². The van der Waals surface area contributed by atoms with E-state index in [0.717, 1.165) is 30.5 Å². The first kappa shape index (κ1) is 17.3. The van der Waals surface area contributed by atoms with Crippen LogP contribution in [0.15, 0.2) is 42.7 Å². The number of urea groups is 1. The van der Waals surface area contributed by atoms with Crippen LogP contribution in [0.2, 0.25) is 0 Å². The molecule has 0 bridgehead atoms. The van der Waals surface area contributed by atoms with Gasteiger partial charge in [0.25, 0.3) is 0 Å². The molecule has 1 aliphatic heterocycles. The summed E-state index contributed by atoms with van der Waals surface area (Å²) < 4.78 is 32.4. The lowest BCUT2D eigenvalue weighted by Crippen LogP contribution is -2.39. The second kappa shape index (κ2) is 8.02. The SMILES string of the molecule is O=C(Nc1ccc(F)cc1F)N(Cc1ccncc1)C[C@@H]1CCCO1. The van der Waals surface area contributed by atoms with Crippen molar-refractivity contribution < 1.29 is 18.3 Å². The van der Waals surface area contributed by atoms with E-state index in [1.807, 2.05) is 12.1 Å². The number of hydrogen-bond acceptors (Lipinski definition) is 3. The van der Waals surface area contributed by atoms with E-state index >= 15 is 0 Å². The smallest absolute Gasteiger partial charge is 0.322 e. The van der Waals surface area contributed by atoms with Crippen LogP contribution < -0.4 is 5.32 Å². The average molecular weight is 347 g/mol. The highest BCUT2D eigenvalue weighted by Crippen LogP contribution is 2.18. The predicted molar refractivity (Wildman–Crippen MR) is 89.0 cm³/mol. The second-order valence-corrected chi connectivity index (χ2v) is 5.93. The van der Waals surface area contributed by atoms with Crippen molar-refractivity contribution in [2.75, 3.05) is 18.5 Å². The highest BCUT2D eigenvalue weighted by molar-refractivity contribution is 5.89. The van der Waals surface area contributed by atoms with Gasteiger partial charge in [-0.1, -0.05) is 0 Å². The summed E-state index contributed by atoms with van der Waals surface area (Å²) in [5.74, 6) is -1.50. The lowest BCUT2D eigenvalue weighted by Gasteiger charge is -2.26. The third-order valence-corrected chi connectivity index (χ3v) is 4.03. The van der Waals surface area contributed by atoms with Gasteiger partial charge in [-0.15, -0.1) is 0 Å². The number of ether oxygens (including phenoxy) is 1. The van der Waals surface area contributed by atoms with Crippen molar-refractivity contribution in [1.82, 2.24) is 9.88 Å². The number of anilines is 1. The molecule has 0 aliphatic carbocycles. The van der Waals surface area contributed by atoms with Crippen LogP contribution in [-0.4, -0.2) is 35.2 Å². The zero-order valence-electron chi connectivity index (χ0n) is 13.6. The minimum absolute atomic E-state index is 0.0364. The Labute approximate surface area is 144 Å². The molecule has 1 N–H and O–H groups in total. The first-order chi connectivity index (χ1) is 12.1. The van der Waals surface area contributed by atoms with Crippen molar-refractivity contribution >= 4 is 11.7 Å². The maximum Gasteiger partial charge on any atom is 0.322 e. The first-order valence-electron chi connectivity index (χ1n) is 8.13. The number of amides is 2. The van der Waals surface area contributed by atoms with Gasteiger partial charge in [0.1, 0.15) is 11.6 Å². The molecule has 0 unspecified atom stereocenters. The van der Waals surface area contributed by atoms with Gasteiger partial charge in [0.05, 0.1) is 11.8 Å². The minimum atomic E-state index is -0.811. The summed E-state index contributed by atoms with van der Waals surface area (Å²) in [7, 11) is 0. The number of aromatic nitrogens is 1. The minimum Gasteiger partial charge on any atom is -0.376 e. The third-order valence-electron chi connectivity index (χ3n) is 4.03. The molecule has 25 heavy (non-hydrogen) atoms. The Morgan fingerprint density at radius 3 is 2.76 bits per heavy atom. The number of nitrogens with one attached hydrogen (secondary N) is 1. The van der Waals surface area contributed by atoms with Gasteiger partial charge in [0, 0.05) is 38.2 Å². The first-order valence-corrected chi connectivity index (χ1v) is 8.13. The van der Waals surface area contributed by atoms with E-state index in [1.54, 1.807) is 17.3 Å². The fourth-order valence-corrected chi connectivity index (χ4v) is 2.75. The Morgan fingerprint density at radius 1 is 1.28 bits per heavy atom. The fourth-order valence-electron chi connectivity index (χ4n) is 2.75. The molecule has 1 atom stereocenters. The summed E-state index contributed by atoms with van der Waals surface area (Å²) in [6, 6.07) is 6.22. The standard InChI is InChI=1S/C18H19F2N3O2/c19-14-3-4-17(16(20)10-14)22-18(24)23(12-15-2-1-9-25-15)11-13-5-7-21-8-6-13/h3-8,10,15H,1-2,9,11-12H2,(H,22,24)/t15-/m0/s1. The number of halogens is 2. The highest BCUT2D eigenvalue weighted by atomic mass is 19.1. The van der Waals surface area contributed by atoms with Gasteiger partial charge in [0.2, 0.25) is 0 Å². The van der Waals surface area contributed by atoms with Crippen molar-refractivity contribution in [2.45, 2.75) is 25.5 Å². The summed E-state index contributed by atoms with van der Waals surface area (Å²) in [5, 5.41) is 2.51. The third kappa shape index (κ3) is 4.73. The molecule has 1 fully saturated rings. The van der Waals surface area contributed by atoms with Crippen LogP contribution in [0.1, 0.15) is 18.4 Å². The molecule has 0 saturated carbocycles. The van der Waals surface area contributed by atoms with Crippen LogP contribution >= 0.6 is 0 Å². The summed E-state index contributed by atoms with van der Waals surface area (Å²) >= 11 is 0. The molecule has 1 aromatic carbocycles. The number of nitrogens with zero attached hydrogens (tertiary/aromatic N) is 2. The van der Waals surface area contributed by atoms with Gasteiger partial charge in [0.15, 0.2) is 0 Å². The molecule has 2 amide bonds. The number of carbonyl (C=O) groups is 1. The van der Waals surface area contributed by atoms with Gasteiger partial charge in [-0.3, -0.25) is 4.98 Å². The maximum atomic E-state index is 13.8. The molecule has 7 heteroatoms. The van der Waals surface area contributed by atoms with Crippen LogP contribution in [0.5, 0.6) is 0 Å². The molecule has 0 radical (unpaired) electrons. The molecule has 132 valence electrons. The average Bonchev–Trinajstić information content (AvgIpc) is 3.11. The Balaban J connectivity index is 1.73. The summed E-state index contributed by atoms with van der Waals surface area (Å²) in [6.07, 6.45) is 5.10. The van der Waals surface area contributed by atoms with E-state index in [-0.39, 0.29) is 11.8 Å². The molecule has 1 saturated heterocycles. The Kier molecular flexibility index (Phi) is 5.55. The molecule has 3 rings (SSSR count). The molecular formula is C18H19F2N3O2. The Bertz CT molecular complexity index is 722. The lowest BCUT2D eigenvalue weighted by molar-refractivity contribution is 0.0819. The van der Waals surface area contributed by atoms with Gasteiger partial charge < -0.3 is 15.0 Å². The van der Waals surface area contributed by atoms with Crippen LogP contribution in [-0.2, 0) is 11.3 Å². The number of benzene rings is 1. The molecule has 5 nitrogen and oxygen atoms in total.